The van der Waals surface area contributed by atoms with Crippen LogP contribution in [0.5, 0.6) is 5.75 Å². The Morgan fingerprint density at radius 3 is 2.56 bits per heavy atom. The standard InChI is InChI=1S/C22H19N3O2/c1-27-20-12-6-5-11-19(20)22(26)25(17-9-3-2-4-10-17)16-18-15-23-21-13-7-8-14-24(18)21/h2-15H,16H2,1H3. The van der Waals surface area contributed by atoms with Gasteiger partial charge in [-0.1, -0.05) is 36.4 Å². The van der Waals surface area contributed by atoms with Gasteiger partial charge in [0.25, 0.3) is 5.91 Å². The van der Waals surface area contributed by atoms with Crippen molar-refractivity contribution in [2.75, 3.05) is 12.0 Å². The maximum Gasteiger partial charge on any atom is 0.262 e. The molecule has 4 aromatic rings. The zero-order valence-electron chi connectivity index (χ0n) is 14.9. The molecule has 0 atom stereocenters. The fourth-order valence-electron chi connectivity index (χ4n) is 3.12. The van der Waals surface area contributed by atoms with Crippen LogP contribution >= 0.6 is 0 Å². The molecule has 5 heteroatoms. The molecule has 0 spiro atoms. The number of anilines is 1. The molecule has 4 rings (SSSR count). The van der Waals surface area contributed by atoms with Crippen molar-refractivity contribution in [2.24, 2.45) is 0 Å². The minimum Gasteiger partial charge on any atom is -0.496 e. The molecule has 0 aliphatic carbocycles. The van der Waals surface area contributed by atoms with Gasteiger partial charge in [0.1, 0.15) is 11.4 Å². The number of pyridine rings is 1. The van der Waals surface area contributed by atoms with Gasteiger partial charge in [-0.15, -0.1) is 0 Å². The Bertz CT molecular complexity index is 1070. The molecule has 2 heterocycles. The first-order valence-corrected chi connectivity index (χ1v) is 8.69. The lowest BCUT2D eigenvalue weighted by molar-refractivity contribution is 0.0982. The molecule has 0 saturated carbocycles. The number of amides is 1. The first kappa shape index (κ1) is 16.8. The van der Waals surface area contributed by atoms with Crippen molar-refractivity contribution >= 4 is 17.2 Å². The van der Waals surface area contributed by atoms with Crippen molar-refractivity contribution in [3.63, 3.8) is 0 Å². The number of rotatable bonds is 5. The number of benzene rings is 2. The normalized spacial score (nSPS) is 10.7. The van der Waals surface area contributed by atoms with Gasteiger partial charge in [0, 0.05) is 11.9 Å². The van der Waals surface area contributed by atoms with E-state index in [1.807, 2.05) is 71.3 Å². The minimum absolute atomic E-state index is 0.121. The third-order valence-electron chi connectivity index (χ3n) is 4.46. The predicted molar refractivity (Wildman–Crippen MR) is 105 cm³/mol. The van der Waals surface area contributed by atoms with Crippen LogP contribution in [0.3, 0.4) is 0 Å². The zero-order chi connectivity index (χ0) is 18.6. The Hall–Kier alpha value is -3.60. The van der Waals surface area contributed by atoms with E-state index in [-0.39, 0.29) is 5.91 Å². The molecule has 2 aromatic heterocycles. The summed E-state index contributed by atoms with van der Waals surface area (Å²) in [7, 11) is 1.57. The molecule has 1 amide bonds. The second-order valence-corrected chi connectivity index (χ2v) is 6.11. The number of para-hydroxylation sites is 2. The van der Waals surface area contributed by atoms with E-state index in [9.17, 15) is 4.79 Å². The van der Waals surface area contributed by atoms with Crippen LogP contribution in [0, 0.1) is 0 Å². The van der Waals surface area contributed by atoms with Crippen molar-refractivity contribution in [3.8, 4) is 5.75 Å². The highest BCUT2D eigenvalue weighted by atomic mass is 16.5. The zero-order valence-corrected chi connectivity index (χ0v) is 14.9. The summed E-state index contributed by atoms with van der Waals surface area (Å²) in [4.78, 5) is 19.6. The van der Waals surface area contributed by atoms with Crippen molar-refractivity contribution in [3.05, 3.63) is 96.4 Å². The lowest BCUT2D eigenvalue weighted by Gasteiger charge is -2.23. The van der Waals surface area contributed by atoms with Gasteiger partial charge in [-0.25, -0.2) is 4.98 Å². The van der Waals surface area contributed by atoms with Gasteiger partial charge in [0.05, 0.1) is 31.1 Å². The van der Waals surface area contributed by atoms with Crippen LogP contribution in [0.15, 0.2) is 85.2 Å². The summed E-state index contributed by atoms with van der Waals surface area (Å²) < 4.78 is 7.38. The van der Waals surface area contributed by atoms with Gasteiger partial charge >= 0.3 is 0 Å². The summed E-state index contributed by atoms with van der Waals surface area (Å²) >= 11 is 0. The molecular weight excluding hydrogens is 338 g/mol. The topological polar surface area (TPSA) is 46.8 Å². The van der Waals surface area contributed by atoms with Gasteiger partial charge in [-0.3, -0.25) is 4.79 Å². The third kappa shape index (κ3) is 3.27. The molecule has 0 aliphatic rings. The summed E-state index contributed by atoms with van der Waals surface area (Å²) in [6, 6.07) is 22.7. The largest absolute Gasteiger partial charge is 0.496 e. The number of methoxy groups -OCH3 is 1. The predicted octanol–water partition coefficient (Wildman–Crippen LogP) is 4.19. The van der Waals surface area contributed by atoms with Crippen molar-refractivity contribution in [2.45, 2.75) is 6.54 Å². The van der Waals surface area contributed by atoms with Crippen LogP contribution < -0.4 is 9.64 Å². The van der Waals surface area contributed by atoms with E-state index in [1.165, 1.54) is 0 Å². The average Bonchev–Trinajstić information content (AvgIpc) is 3.15. The highest BCUT2D eigenvalue weighted by Crippen LogP contribution is 2.25. The molecule has 0 bridgehead atoms. The molecule has 0 aliphatic heterocycles. The Balaban J connectivity index is 1.77. The number of carbonyl (C=O) groups excluding carboxylic acids is 1. The number of hydrogen-bond donors (Lipinski definition) is 0. The van der Waals surface area contributed by atoms with Crippen molar-refractivity contribution in [1.82, 2.24) is 9.38 Å². The number of ether oxygens (including phenoxy) is 1. The Labute approximate surface area is 157 Å². The average molecular weight is 357 g/mol. The minimum atomic E-state index is -0.121. The molecule has 0 fully saturated rings. The Morgan fingerprint density at radius 1 is 1.00 bits per heavy atom. The van der Waals surface area contributed by atoms with Gasteiger partial charge in [-0.05, 0) is 36.4 Å². The first-order chi connectivity index (χ1) is 13.3. The quantitative estimate of drug-likeness (QED) is 0.538. The molecule has 27 heavy (non-hydrogen) atoms. The maximum atomic E-state index is 13.4. The molecule has 0 saturated heterocycles. The van der Waals surface area contributed by atoms with Crippen LogP contribution in [0.4, 0.5) is 5.69 Å². The first-order valence-electron chi connectivity index (χ1n) is 8.69. The molecule has 2 aromatic carbocycles. The van der Waals surface area contributed by atoms with Crippen molar-refractivity contribution in [1.29, 1.82) is 0 Å². The van der Waals surface area contributed by atoms with E-state index in [1.54, 1.807) is 30.3 Å². The summed E-state index contributed by atoms with van der Waals surface area (Å²) in [5.41, 5.74) is 3.12. The summed E-state index contributed by atoms with van der Waals surface area (Å²) in [5, 5.41) is 0. The Morgan fingerprint density at radius 2 is 1.74 bits per heavy atom. The summed E-state index contributed by atoms with van der Waals surface area (Å²) in [5.74, 6) is 0.436. The number of aromatic nitrogens is 2. The molecule has 0 radical (unpaired) electrons. The van der Waals surface area contributed by atoms with Gasteiger partial charge in [0.15, 0.2) is 0 Å². The lowest BCUT2D eigenvalue weighted by Crippen LogP contribution is -2.31. The van der Waals surface area contributed by atoms with Gasteiger partial charge < -0.3 is 14.0 Å². The second kappa shape index (κ2) is 7.33. The Kier molecular flexibility index (Phi) is 4.58. The van der Waals surface area contributed by atoms with E-state index in [4.69, 9.17) is 4.74 Å². The number of imidazole rings is 1. The maximum absolute atomic E-state index is 13.4. The fraction of sp³-hybridized carbons (Fsp3) is 0.0909. The smallest absolute Gasteiger partial charge is 0.262 e. The second-order valence-electron chi connectivity index (χ2n) is 6.11. The molecule has 134 valence electrons. The molecule has 0 N–H and O–H groups in total. The van der Waals surface area contributed by atoms with E-state index in [2.05, 4.69) is 4.98 Å². The van der Waals surface area contributed by atoms with Crippen molar-refractivity contribution < 1.29 is 9.53 Å². The van der Waals surface area contributed by atoms with E-state index < -0.39 is 0 Å². The number of fused-ring (bicyclic) bond motifs is 1. The van der Waals surface area contributed by atoms with Crippen LogP contribution in [0.25, 0.3) is 5.65 Å². The van der Waals surface area contributed by atoms with Crippen LogP contribution in [-0.4, -0.2) is 22.4 Å². The van der Waals surface area contributed by atoms with Crippen LogP contribution in [0.1, 0.15) is 16.1 Å². The highest BCUT2D eigenvalue weighted by Gasteiger charge is 2.22. The fourth-order valence-corrected chi connectivity index (χ4v) is 3.12. The van der Waals surface area contributed by atoms with Gasteiger partial charge in [-0.2, -0.15) is 0 Å². The number of nitrogens with zero attached hydrogens (tertiary/aromatic N) is 3. The monoisotopic (exact) mass is 357 g/mol. The van der Waals surface area contributed by atoms with E-state index in [0.717, 1.165) is 17.0 Å². The number of carbonyl (C=O) groups is 1. The third-order valence-corrected chi connectivity index (χ3v) is 4.46. The SMILES string of the molecule is COc1ccccc1C(=O)N(Cc1cnc2ccccn12)c1ccccc1. The molecular formula is C22H19N3O2. The highest BCUT2D eigenvalue weighted by molar-refractivity contribution is 6.07. The summed E-state index contributed by atoms with van der Waals surface area (Å²) in [6.07, 6.45) is 3.76. The molecule has 5 nitrogen and oxygen atoms in total. The van der Waals surface area contributed by atoms with Crippen LogP contribution in [-0.2, 0) is 6.54 Å². The summed E-state index contributed by atoms with van der Waals surface area (Å²) in [6.45, 7) is 0.395. The van der Waals surface area contributed by atoms with E-state index >= 15 is 0 Å². The lowest BCUT2D eigenvalue weighted by atomic mass is 10.1. The van der Waals surface area contributed by atoms with Crippen LogP contribution in [0.2, 0.25) is 0 Å². The van der Waals surface area contributed by atoms with Gasteiger partial charge in [0.2, 0.25) is 0 Å². The molecule has 0 unspecified atom stereocenters. The van der Waals surface area contributed by atoms with E-state index in [0.29, 0.717) is 17.9 Å². The number of hydrogen-bond acceptors (Lipinski definition) is 3.